The Morgan fingerprint density at radius 1 is 1.13 bits per heavy atom. The maximum absolute atomic E-state index is 12.9. The van der Waals surface area contributed by atoms with Crippen molar-refractivity contribution in [2.24, 2.45) is 5.92 Å². The molecule has 164 valence electrons. The number of anilines is 2. The molecule has 31 heavy (non-hydrogen) atoms. The molecular formula is C22H25Cl2N5O2. The first-order valence-corrected chi connectivity index (χ1v) is 10.6. The maximum atomic E-state index is 12.9. The van der Waals surface area contributed by atoms with Crippen LogP contribution < -0.4 is 16.0 Å². The number of carbonyl (C=O) groups excluding carboxylic acids is 2. The van der Waals surface area contributed by atoms with Crippen LogP contribution in [0, 0.1) is 11.3 Å². The molecule has 9 heteroatoms. The predicted molar refractivity (Wildman–Crippen MR) is 125 cm³/mol. The first-order valence-electron chi connectivity index (χ1n) is 9.88. The second kappa shape index (κ2) is 9.16. The van der Waals surface area contributed by atoms with E-state index in [1.165, 1.54) is 4.90 Å². The summed E-state index contributed by atoms with van der Waals surface area (Å²) in [7, 11) is 0. The zero-order chi connectivity index (χ0) is 22.8. The average molecular weight is 462 g/mol. The zero-order valence-corrected chi connectivity index (χ0v) is 19.1. The Morgan fingerprint density at radius 3 is 2.45 bits per heavy atom. The number of halogens is 2. The van der Waals surface area contributed by atoms with Crippen molar-refractivity contribution in [1.82, 2.24) is 10.2 Å². The fourth-order valence-electron chi connectivity index (χ4n) is 3.68. The molecule has 0 radical (unpaired) electrons. The van der Waals surface area contributed by atoms with Crippen molar-refractivity contribution in [1.29, 1.82) is 5.41 Å². The van der Waals surface area contributed by atoms with Gasteiger partial charge in [0.1, 0.15) is 5.54 Å². The van der Waals surface area contributed by atoms with E-state index in [-0.39, 0.29) is 18.4 Å². The number of nitrogens with one attached hydrogen (secondary N) is 4. The summed E-state index contributed by atoms with van der Waals surface area (Å²) in [6.07, 6.45) is 0.640. The minimum absolute atomic E-state index is 0.0869. The molecule has 4 N–H and O–H groups in total. The van der Waals surface area contributed by atoms with Gasteiger partial charge in [-0.25, -0.2) is 4.79 Å². The van der Waals surface area contributed by atoms with Gasteiger partial charge in [0.05, 0.1) is 16.6 Å². The Balaban J connectivity index is 1.66. The van der Waals surface area contributed by atoms with Crippen LogP contribution in [0.2, 0.25) is 10.0 Å². The van der Waals surface area contributed by atoms with Crippen molar-refractivity contribution in [3.63, 3.8) is 0 Å². The molecule has 0 bridgehead atoms. The molecule has 1 aliphatic heterocycles. The van der Waals surface area contributed by atoms with Crippen LogP contribution in [-0.2, 0) is 11.3 Å². The number of hydrogen-bond acceptors (Lipinski definition) is 3. The SMILES string of the molecule is CC(C)CC1(C)NC(=N)N(Cc2cccc(NC(=O)Nc3ccc(Cl)c(Cl)c3)c2)C1=O. The van der Waals surface area contributed by atoms with Gasteiger partial charge >= 0.3 is 6.03 Å². The van der Waals surface area contributed by atoms with Crippen LogP contribution in [0.15, 0.2) is 42.5 Å². The first kappa shape index (κ1) is 22.9. The quantitative estimate of drug-likeness (QED) is 0.469. The molecule has 3 rings (SSSR count). The smallest absolute Gasteiger partial charge is 0.323 e. The third-order valence-electron chi connectivity index (χ3n) is 4.90. The minimum Gasteiger partial charge on any atom is -0.342 e. The number of hydrogen-bond donors (Lipinski definition) is 4. The van der Waals surface area contributed by atoms with E-state index in [0.717, 1.165) is 5.56 Å². The highest BCUT2D eigenvalue weighted by atomic mass is 35.5. The van der Waals surface area contributed by atoms with E-state index < -0.39 is 11.6 Å². The number of carbonyl (C=O) groups is 2. The molecule has 0 spiro atoms. The summed E-state index contributed by atoms with van der Waals surface area (Å²) in [6.45, 7) is 6.16. The zero-order valence-electron chi connectivity index (χ0n) is 17.6. The molecule has 1 unspecified atom stereocenters. The standard InChI is InChI=1S/C22H25Cl2N5O2/c1-13(2)11-22(3)19(30)29(20(25)28-22)12-14-5-4-6-15(9-14)26-21(31)27-16-7-8-17(23)18(24)10-16/h4-10,13H,11-12H2,1-3H3,(H2,25,28)(H2,26,27,31). The van der Waals surface area contributed by atoms with Crippen molar-refractivity contribution in [2.45, 2.75) is 39.3 Å². The van der Waals surface area contributed by atoms with Crippen LogP contribution in [0.4, 0.5) is 16.2 Å². The summed E-state index contributed by atoms with van der Waals surface area (Å²) in [4.78, 5) is 26.7. The average Bonchev–Trinajstić information content (AvgIpc) is 2.87. The number of guanidine groups is 1. The van der Waals surface area contributed by atoms with Crippen molar-refractivity contribution < 1.29 is 9.59 Å². The van der Waals surface area contributed by atoms with Gasteiger partial charge in [0, 0.05) is 11.4 Å². The fourth-order valence-corrected chi connectivity index (χ4v) is 3.98. The first-order chi connectivity index (χ1) is 14.6. The highest BCUT2D eigenvalue weighted by molar-refractivity contribution is 6.42. The van der Waals surface area contributed by atoms with E-state index in [1.54, 1.807) is 36.4 Å². The molecule has 3 amide bonds. The number of rotatable bonds is 6. The van der Waals surface area contributed by atoms with Gasteiger partial charge in [-0.3, -0.25) is 15.1 Å². The maximum Gasteiger partial charge on any atom is 0.323 e. The molecule has 0 aromatic heterocycles. The van der Waals surface area contributed by atoms with Crippen molar-refractivity contribution >= 4 is 52.5 Å². The second-order valence-corrected chi connectivity index (χ2v) is 9.02. The summed E-state index contributed by atoms with van der Waals surface area (Å²) in [5.41, 5.74) is 1.09. The molecule has 1 saturated heterocycles. The van der Waals surface area contributed by atoms with Crippen molar-refractivity contribution in [3.8, 4) is 0 Å². The van der Waals surface area contributed by atoms with Gasteiger partial charge in [-0.15, -0.1) is 0 Å². The largest absolute Gasteiger partial charge is 0.342 e. The summed E-state index contributed by atoms with van der Waals surface area (Å²) < 4.78 is 0. The van der Waals surface area contributed by atoms with Gasteiger partial charge in [0.15, 0.2) is 5.96 Å². The Hall–Kier alpha value is -2.77. The molecule has 1 heterocycles. The lowest BCUT2D eigenvalue weighted by atomic mass is 9.91. The molecule has 0 aliphatic carbocycles. The van der Waals surface area contributed by atoms with Crippen LogP contribution in [0.5, 0.6) is 0 Å². The molecule has 1 aliphatic rings. The van der Waals surface area contributed by atoms with Gasteiger partial charge in [-0.1, -0.05) is 49.2 Å². The van der Waals surface area contributed by atoms with Gasteiger partial charge in [-0.2, -0.15) is 0 Å². The lowest BCUT2D eigenvalue weighted by Gasteiger charge is -2.24. The lowest BCUT2D eigenvalue weighted by Crippen LogP contribution is -2.44. The molecule has 2 aromatic carbocycles. The Kier molecular flexibility index (Phi) is 6.77. The monoisotopic (exact) mass is 461 g/mol. The van der Waals surface area contributed by atoms with E-state index in [0.29, 0.717) is 33.8 Å². The van der Waals surface area contributed by atoms with Crippen LogP contribution in [-0.4, -0.2) is 28.3 Å². The molecule has 1 fully saturated rings. The third kappa shape index (κ3) is 5.48. The van der Waals surface area contributed by atoms with Gasteiger partial charge < -0.3 is 16.0 Å². The lowest BCUT2D eigenvalue weighted by molar-refractivity contribution is -0.131. The number of amides is 3. The third-order valence-corrected chi connectivity index (χ3v) is 5.64. The molecule has 1 atom stereocenters. The van der Waals surface area contributed by atoms with Crippen molar-refractivity contribution in [3.05, 3.63) is 58.1 Å². The summed E-state index contributed by atoms with van der Waals surface area (Å²) in [5.74, 6) is 0.279. The van der Waals surface area contributed by atoms with Crippen LogP contribution >= 0.6 is 23.2 Å². The van der Waals surface area contributed by atoms with E-state index in [4.69, 9.17) is 28.6 Å². The van der Waals surface area contributed by atoms with Crippen LogP contribution in [0.3, 0.4) is 0 Å². The minimum atomic E-state index is -0.777. The van der Waals surface area contributed by atoms with Gasteiger partial charge in [0.25, 0.3) is 5.91 Å². The van der Waals surface area contributed by atoms with E-state index >= 15 is 0 Å². The van der Waals surface area contributed by atoms with Gasteiger partial charge in [-0.05, 0) is 55.2 Å². The predicted octanol–water partition coefficient (Wildman–Crippen LogP) is 5.31. The molecule has 0 saturated carbocycles. The molecule has 7 nitrogen and oxygen atoms in total. The summed E-state index contributed by atoms with van der Waals surface area (Å²) >= 11 is 11.9. The van der Waals surface area contributed by atoms with E-state index in [2.05, 4.69) is 16.0 Å². The number of benzene rings is 2. The van der Waals surface area contributed by atoms with E-state index in [9.17, 15) is 9.59 Å². The normalized spacial score (nSPS) is 18.3. The van der Waals surface area contributed by atoms with E-state index in [1.807, 2.05) is 26.8 Å². The molecule has 2 aromatic rings. The van der Waals surface area contributed by atoms with Gasteiger partial charge in [0.2, 0.25) is 0 Å². The summed E-state index contributed by atoms with van der Waals surface area (Å²) in [5, 5.41) is 17.4. The Bertz CT molecular complexity index is 1030. The number of urea groups is 1. The fraction of sp³-hybridized carbons (Fsp3) is 0.318. The molecular weight excluding hydrogens is 437 g/mol. The van der Waals surface area contributed by atoms with Crippen LogP contribution in [0.1, 0.15) is 32.8 Å². The topological polar surface area (TPSA) is 97.3 Å². The second-order valence-electron chi connectivity index (χ2n) is 8.20. The Morgan fingerprint density at radius 2 is 1.81 bits per heavy atom. The number of nitrogens with zero attached hydrogens (tertiary/aromatic N) is 1. The highest BCUT2D eigenvalue weighted by Crippen LogP contribution is 2.27. The Labute approximate surface area is 191 Å². The summed E-state index contributed by atoms with van der Waals surface area (Å²) in [6, 6.07) is 11.5. The van der Waals surface area contributed by atoms with Crippen LogP contribution in [0.25, 0.3) is 0 Å². The van der Waals surface area contributed by atoms with Crippen molar-refractivity contribution in [2.75, 3.05) is 10.6 Å². The highest BCUT2D eigenvalue weighted by Gasteiger charge is 2.45.